The smallest absolute Gasteiger partial charge is 0.187 e. The molecule has 2 aliphatic rings. The number of aliphatic hydroxyl groups excluding tert-OH is 1. The average molecular weight is 449 g/mol. The number of ether oxygens (including phenoxy) is 5. The maximum Gasteiger partial charge on any atom is 0.187 e. The third kappa shape index (κ3) is 5.33. The van der Waals surface area contributed by atoms with E-state index in [4.69, 9.17) is 23.7 Å². The van der Waals surface area contributed by atoms with Crippen LogP contribution in [-0.4, -0.2) is 42.4 Å². The minimum Gasteiger partial charge on any atom is -0.387 e. The van der Waals surface area contributed by atoms with E-state index in [1.807, 2.05) is 91.0 Å². The number of rotatable bonds is 7. The summed E-state index contributed by atoms with van der Waals surface area (Å²) < 4.78 is 30.5. The monoisotopic (exact) mass is 448 g/mol. The number of aliphatic hydroxyl groups is 1. The number of hydrogen-bond acceptors (Lipinski definition) is 6. The Labute approximate surface area is 193 Å². The molecule has 0 unspecified atom stereocenters. The molecule has 5 rings (SSSR count). The van der Waals surface area contributed by atoms with Gasteiger partial charge < -0.3 is 28.8 Å². The summed E-state index contributed by atoms with van der Waals surface area (Å²) in [6.07, 6.45) is -4.04. The molecule has 0 spiro atoms. The molecule has 0 radical (unpaired) electrons. The fourth-order valence-electron chi connectivity index (χ4n) is 4.18. The number of benzene rings is 3. The lowest BCUT2D eigenvalue weighted by Crippen LogP contribution is -2.62. The molecule has 6 nitrogen and oxygen atoms in total. The van der Waals surface area contributed by atoms with Crippen molar-refractivity contribution < 1.29 is 28.8 Å². The summed E-state index contributed by atoms with van der Waals surface area (Å²) in [6, 6.07) is 29.4. The molecule has 2 fully saturated rings. The van der Waals surface area contributed by atoms with Crippen molar-refractivity contribution in [3.63, 3.8) is 0 Å². The van der Waals surface area contributed by atoms with Crippen LogP contribution in [0, 0.1) is 0 Å². The zero-order valence-corrected chi connectivity index (χ0v) is 18.2. The zero-order chi connectivity index (χ0) is 22.5. The highest BCUT2D eigenvalue weighted by Crippen LogP contribution is 2.35. The molecule has 2 heterocycles. The normalized spacial score (nSPS) is 29.4. The molecule has 0 bridgehead atoms. The number of hydrogen-bond donors (Lipinski definition) is 1. The first-order chi connectivity index (χ1) is 16.3. The maximum atomic E-state index is 11.3. The molecule has 6 atom stereocenters. The molecule has 3 aromatic carbocycles. The molecule has 3 aromatic rings. The minimum absolute atomic E-state index is 0.290. The molecular formula is C27H28O6. The van der Waals surface area contributed by atoms with Crippen molar-refractivity contribution in [2.24, 2.45) is 0 Å². The van der Waals surface area contributed by atoms with Gasteiger partial charge in [-0.05, 0) is 11.1 Å². The van der Waals surface area contributed by atoms with Crippen molar-refractivity contribution in [1.82, 2.24) is 0 Å². The lowest BCUT2D eigenvalue weighted by atomic mass is 9.97. The molecule has 0 saturated carbocycles. The predicted octanol–water partition coefficient (Wildman–Crippen LogP) is 3.99. The number of fused-ring (bicyclic) bond motifs is 1. The second-order valence-corrected chi connectivity index (χ2v) is 8.27. The van der Waals surface area contributed by atoms with Gasteiger partial charge in [0.2, 0.25) is 0 Å². The van der Waals surface area contributed by atoms with E-state index in [9.17, 15) is 5.11 Å². The van der Waals surface area contributed by atoms with E-state index in [0.717, 1.165) is 16.7 Å². The van der Waals surface area contributed by atoms with Gasteiger partial charge in [-0.15, -0.1) is 0 Å². The van der Waals surface area contributed by atoms with Crippen molar-refractivity contribution in [2.75, 3.05) is 6.61 Å². The van der Waals surface area contributed by atoms with E-state index in [1.54, 1.807) is 0 Å². The minimum atomic E-state index is -0.941. The Kier molecular flexibility index (Phi) is 7.12. The predicted molar refractivity (Wildman–Crippen MR) is 121 cm³/mol. The molecule has 6 heteroatoms. The third-order valence-corrected chi connectivity index (χ3v) is 5.92. The summed E-state index contributed by atoms with van der Waals surface area (Å²) in [7, 11) is 0. The van der Waals surface area contributed by atoms with Crippen molar-refractivity contribution in [2.45, 2.75) is 50.2 Å². The van der Waals surface area contributed by atoms with Crippen molar-refractivity contribution >= 4 is 0 Å². The van der Waals surface area contributed by atoms with Crippen LogP contribution in [0.1, 0.15) is 23.0 Å². The van der Waals surface area contributed by atoms with Gasteiger partial charge in [-0.1, -0.05) is 91.0 Å². The van der Waals surface area contributed by atoms with Gasteiger partial charge in [0, 0.05) is 5.56 Å². The van der Waals surface area contributed by atoms with Crippen LogP contribution in [0.15, 0.2) is 91.0 Å². The van der Waals surface area contributed by atoms with Crippen LogP contribution in [-0.2, 0) is 36.9 Å². The second kappa shape index (κ2) is 10.6. The first-order valence-corrected chi connectivity index (χ1v) is 11.2. The standard InChI is InChI=1S/C27H28O6/c28-23-24-22(18-31-26(33-24)21-14-8-3-9-15-21)32-27(30-17-20-12-6-2-7-13-20)25(23)29-16-19-10-4-1-5-11-19/h1-15,22-28H,16-18H2/t22-,23-,24+,25-,26-,27-/m0/s1. The van der Waals surface area contributed by atoms with Gasteiger partial charge in [0.15, 0.2) is 12.6 Å². The van der Waals surface area contributed by atoms with Gasteiger partial charge in [-0.25, -0.2) is 0 Å². The summed E-state index contributed by atoms with van der Waals surface area (Å²) in [5.41, 5.74) is 2.91. The summed E-state index contributed by atoms with van der Waals surface area (Å²) >= 11 is 0. The zero-order valence-electron chi connectivity index (χ0n) is 18.2. The SMILES string of the molecule is O[C@@H]1[C@H](OCc2ccccc2)[C@@H](OCc2ccccc2)O[C@H]2CO[C@H](c3ccccc3)O[C@@H]12. The van der Waals surface area contributed by atoms with Gasteiger partial charge in [0.25, 0.3) is 0 Å². The van der Waals surface area contributed by atoms with Crippen LogP contribution >= 0.6 is 0 Å². The van der Waals surface area contributed by atoms with E-state index >= 15 is 0 Å². The fourth-order valence-corrected chi connectivity index (χ4v) is 4.18. The lowest BCUT2D eigenvalue weighted by Gasteiger charge is -2.47. The highest BCUT2D eigenvalue weighted by Gasteiger charge is 2.50. The van der Waals surface area contributed by atoms with Crippen molar-refractivity contribution in [3.05, 3.63) is 108 Å². The molecule has 0 aliphatic carbocycles. The Hall–Kier alpha value is -2.58. The first kappa shape index (κ1) is 22.2. The topological polar surface area (TPSA) is 66.4 Å². The average Bonchev–Trinajstić information content (AvgIpc) is 2.88. The summed E-state index contributed by atoms with van der Waals surface area (Å²) in [4.78, 5) is 0. The van der Waals surface area contributed by atoms with Gasteiger partial charge in [0.05, 0.1) is 19.8 Å². The van der Waals surface area contributed by atoms with Gasteiger partial charge in [-0.2, -0.15) is 0 Å². The Balaban J connectivity index is 1.31. The molecule has 2 aliphatic heterocycles. The van der Waals surface area contributed by atoms with E-state index < -0.39 is 37.0 Å². The molecule has 0 amide bonds. The van der Waals surface area contributed by atoms with Crippen LogP contribution in [0.4, 0.5) is 0 Å². The Morgan fingerprint density at radius 3 is 1.94 bits per heavy atom. The van der Waals surface area contributed by atoms with E-state index in [1.165, 1.54) is 0 Å². The Bertz CT molecular complexity index is 983. The molecule has 172 valence electrons. The van der Waals surface area contributed by atoms with Gasteiger partial charge in [0.1, 0.15) is 24.4 Å². The molecule has 1 N–H and O–H groups in total. The maximum absolute atomic E-state index is 11.3. The first-order valence-electron chi connectivity index (χ1n) is 11.2. The summed E-state index contributed by atoms with van der Waals surface area (Å²) in [5, 5.41) is 11.3. The third-order valence-electron chi connectivity index (χ3n) is 5.92. The van der Waals surface area contributed by atoms with Crippen molar-refractivity contribution in [1.29, 1.82) is 0 Å². The molecular weight excluding hydrogens is 420 g/mol. The van der Waals surface area contributed by atoms with Gasteiger partial charge >= 0.3 is 0 Å². The highest BCUT2D eigenvalue weighted by molar-refractivity contribution is 5.17. The highest BCUT2D eigenvalue weighted by atomic mass is 16.8. The summed E-state index contributed by atoms with van der Waals surface area (Å²) in [6.45, 7) is 0.959. The second-order valence-electron chi connectivity index (χ2n) is 8.27. The van der Waals surface area contributed by atoms with E-state index in [0.29, 0.717) is 13.2 Å². The van der Waals surface area contributed by atoms with Crippen LogP contribution in [0.3, 0.4) is 0 Å². The van der Waals surface area contributed by atoms with E-state index in [2.05, 4.69) is 0 Å². The molecule has 2 saturated heterocycles. The summed E-state index contributed by atoms with van der Waals surface area (Å²) in [5.74, 6) is 0. The lowest BCUT2D eigenvalue weighted by molar-refractivity contribution is -0.368. The van der Waals surface area contributed by atoms with Crippen LogP contribution in [0.2, 0.25) is 0 Å². The van der Waals surface area contributed by atoms with Crippen LogP contribution in [0.25, 0.3) is 0 Å². The van der Waals surface area contributed by atoms with Crippen molar-refractivity contribution in [3.8, 4) is 0 Å². The Morgan fingerprint density at radius 2 is 1.30 bits per heavy atom. The molecule has 33 heavy (non-hydrogen) atoms. The van der Waals surface area contributed by atoms with Gasteiger partial charge in [-0.3, -0.25) is 0 Å². The molecule has 0 aromatic heterocycles. The quantitative estimate of drug-likeness (QED) is 0.590. The Morgan fingerprint density at radius 1 is 0.727 bits per heavy atom. The fraction of sp³-hybridized carbons (Fsp3) is 0.333. The van der Waals surface area contributed by atoms with Crippen LogP contribution in [0.5, 0.6) is 0 Å². The largest absolute Gasteiger partial charge is 0.387 e. The van der Waals surface area contributed by atoms with E-state index in [-0.39, 0.29) is 6.61 Å². The van der Waals surface area contributed by atoms with Crippen LogP contribution < -0.4 is 0 Å².